The van der Waals surface area contributed by atoms with Gasteiger partial charge in [-0.15, -0.1) is 0 Å². The van der Waals surface area contributed by atoms with Crippen LogP contribution in [-0.4, -0.2) is 40.5 Å². The van der Waals surface area contributed by atoms with Crippen molar-refractivity contribution < 1.29 is 13.2 Å². The Labute approximate surface area is 181 Å². The Kier molecular flexibility index (Phi) is 9.13. The van der Waals surface area contributed by atoms with Crippen LogP contribution in [0.15, 0.2) is 57.9 Å². The average Bonchev–Trinajstić information content (AvgIpc) is 2.68. The number of sulfonamides is 1. The molecule has 1 amide bonds. The van der Waals surface area contributed by atoms with E-state index in [9.17, 15) is 13.2 Å². The summed E-state index contributed by atoms with van der Waals surface area (Å²) in [6.45, 7) is 6.54. The Morgan fingerprint density at radius 1 is 1.10 bits per heavy atom. The fourth-order valence-corrected chi connectivity index (χ4v) is 4.17. The SMILES string of the molecule is CCN(CCCNC(=O)CCNS(=O)(=O)c1ccc(Br)cc1)c1cccc(C)c1. The molecule has 0 bridgehead atoms. The molecular weight excluding hydrogens is 454 g/mol. The Morgan fingerprint density at radius 3 is 2.48 bits per heavy atom. The molecule has 0 saturated heterocycles. The van der Waals surface area contributed by atoms with Crippen molar-refractivity contribution in [3.8, 4) is 0 Å². The molecule has 0 fully saturated rings. The van der Waals surface area contributed by atoms with E-state index in [0.717, 1.165) is 24.0 Å². The zero-order valence-corrected chi connectivity index (χ0v) is 19.2. The third-order valence-corrected chi connectivity index (χ3v) is 6.45. The van der Waals surface area contributed by atoms with E-state index in [1.807, 2.05) is 6.07 Å². The number of hydrogen-bond donors (Lipinski definition) is 2. The minimum atomic E-state index is -3.60. The number of nitrogens with zero attached hydrogens (tertiary/aromatic N) is 1. The second kappa shape index (κ2) is 11.3. The van der Waals surface area contributed by atoms with Gasteiger partial charge in [0.25, 0.3) is 0 Å². The third kappa shape index (κ3) is 7.79. The first-order chi connectivity index (χ1) is 13.8. The van der Waals surface area contributed by atoms with Crippen molar-refractivity contribution in [3.05, 3.63) is 58.6 Å². The monoisotopic (exact) mass is 481 g/mol. The summed E-state index contributed by atoms with van der Waals surface area (Å²) in [5.74, 6) is -0.165. The maximum absolute atomic E-state index is 12.2. The van der Waals surface area contributed by atoms with Crippen molar-refractivity contribution in [1.82, 2.24) is 10.0 Å². The molecular formula is C21H28BrN3O3S. The molecule has 0 spiro atoms. The van der Waals surface area contributed by atoms with E-state index in [-0.39, 0.29) is 23.8 Å². The smallest absolute Gasteiger partial charge is 0.240 e. The summed E-state index contributed by atoms with van der Waals surface area (Å²) in [7, 11) is -3.60. The number of amides is 1. The van der Waals surface area contributed by atoms with Crippen LogP contribution in [0.3, 0.4) is 0 Å². The molecule has 2 N–H and O–H groups in total. The average molecular weight is 482 g/mol. The van der Waals surface area contributed by atoms with Gasteiger partial charge in [0.1, 0.15) is 0 Å². The number of halogens is 1. The van der Waals surface area contributed by atoms with E-state index in [2.05, 4.69) is 62.9 Å². The zero-order chi connectivity index (χ0) is 21.3. The lowest BCUT2D eigenvalue weighted by Gasteiger charge is -2.23. The van der Waals surface area contributed by atoms with Crippen molar-refractivity contribution >= 4 is 37.5 Å². The molecule has 2 rings (SSSR count). The zero-order valence-electron chi connectivity index (χ0n) is 16.8. The summed E-state index contributed by atoms with van der Waals surface area (Å²) < 4.78 is 27.6. The van der Waals surface area contributed by atoms with Crippen molar-refractivity contribution in [2.45, 2.75) is 31.6 Å². The summed E-state index contributed by atoms with van der Waals surface area (Å²) in [5.41, 5.74) is 2.40. The fraction of sp³-hybridized carbons (Fsp3) is 0.381. The van der Waals surface area contributed by atoms with Gasteiger partial charge in [-0.05, 0) is 62.2 Å². The Hall–Kier alpha value is -1.90. The first-order valence-electron chi connectivity index (χ1n) is 9.65. The molecule has 8 heteroatoms. The quantitative estimate of drug-likeness (QED) is 0.481. The molecule has 6 nitrogen and oxygen atoms in total. The molecule has 0 aliphatic rings. The van der Waals surface area contributed by atoms with Crippen LogP contribution < -0.4 is 14.9 Å². The number of aryl methyl sites for hydroxylation is 1. The molecule has 0 heterocycles. The predicted molar refractivity (Wildman–Crippen MR) is 121 cm³/mol. The van der Waals surface area contributed by atoms with Crippen LogP contribution in [-0.2, 0) is 14.8 Å². The molecule has 0 radical (unpaired) electrons. The van der Waals surface area contributed by atoms with E-state index >= 15 is 0 Å². The van der Waals surface area contributed by atoms with Crippen LogP contribution in [0.5, 0.6) is 0 Å². The molecule has 0 saturated carbocycles. The summed E-state index contributed by atoms with van der Waals surface area (Å²) in [6.07, 6.45) is 0.920. The second-order valence-electron chi connectivity index (χ2n) is 6.72. The van der Waals surface area contributed by atoms with E-state index in [4.69, 9.17) is 0 Å². The van der Waals surface area contributed by atoms with Gasteiger partial charge in [0, 0.05) is 42.8 Å². The number of carbonyl (C=O) groups is 1. The molecule has 0 aliphatic carbocycles. The van der Waals surface area contributed by atoms with Crippen LogP contribution >= 0.6 is 15.9 Å². The highest BCUT2D eigenvalue weighted by Crippen LogP contribution is 2.16. The maximum atomic E-state index is 12.2. The first-order valence-corrected chi connectivity index (χ1v) is 11.9. The minimum Gasteiger partial charge on any atom is -0.372 e. The Bertz CT molecular complexity index is 902. The molecule has 29 heavy (non-hydrogen) atoms. The number of benzene rings is 2. The second-order valence-corrected chi connectivity index (χ2v) is 9.41. The lowest BCUT2D eigenvalue weighted by Crippen LogP contribution is -2.33. The van der Waals surface area contributed by atoms with Gasteiger partial charge in [-0.3, -0.25) is 4.79 Å². The van der Waals surface area contributed by atoms with E-state index in [1.165, 1.54) is 23.4 Å². The summed E-state index contributed by atoms with van der Waals surface area (Å²) in [6, 6.07) is 14.7. The molecule has 0 aromatic heterocycles. The van der Waals surface area contributed by atoms with Gasteiger partial charge < -0.3 is 10.2 Å². The predicted octanol–water partition coefficient (Wildman–Crippen LogP) is 3.46. The van der Waals surface area contributed by atoms with Gasteiger partial charge in [0.15, 0.2) is 0 Å². The summed E-state index contributed by atoms with van der Waals surface area (Å²) in [4.78, 5) is 14.4. The van der Waals surface area contributed by atoms with Gasteiger partial charge in [0.05, 0.1) is 4.90 Å². The van der Waals surface area contributed by atoms with Crippen LogP contribution in [0.4, 0.5) is 5.69 Å². The number of nitrogens with one attached hydrogen (secondary N) is 2. The van der Waals surface area contributed by atoms with Crippen molar-refractivity contribution in [3.63, 3.8) is 0 Å². The van der Waals surface area contributed by atoms with Gasteiger partial charge in [-0.1, -0.05) is 28.1 Å². The van der Waals surface area contributed by atoms with Crippen molar-refractivity contribution in [2.24, 2.45) is 0 Å². The van der Waals surface area contributed by atoms with Gasteiger partial charge in [-0.25, -0.2) is 13.1 Å². The van der Waals surface area contributed by atoms with Crippen molar-refractivity contribution in [1.29, 1.82) is 0 Å². The van der Waals surface area contributed by atoms with Crippen LogP contribution in [0.1, 0.15) is 25.3 Å². The molecule has 0 atom stereocenters. The van der Waals surface area contributed by atoms with Crippen LogP contribution in [0.2, 0.25) is 0 Å². The molecule has 158 valence electrons. The molecule has 2 aromatic carbocycles. The van der Waals surface area contributed by atoms with Gasteiger partial charge in [-0.2, -0.15) is 0 Å². The van der Waals surface area contributed by atoms with E-state index in [1.54, 1.807) is 12.1 Å². The van der Waals surface area contributed by atoms with E-state index in [0.29, 0.717) is 6.54 Å². The highest BCUT2D eigenvalue weighted by Gasteiger charge is 2.14. The topological polar surface area (TPSA) is 78.5 Å². The fourth-order valence-electron chi connectivity index (χ4n) is 2.88. The van der Waals surface area contributed by atoms with Crippen LogP contribution in [0.25, 0.3) is 0 Å². The van der Waals surface area contributed by atoms with Gasteiger partial charge >= 0.3 is 0 Å². The van der Waals surface area contributed by atoms with E-state index < -0.39 is 10.0 Å². The highest BCUT2D eigenvalue weighted by molar-refractivity contribution is 9.10. The first kappa shape index (κ1) is 23.4. The number of hydrogen-bond acceptors (Lipinski definition) is 4. The molecule has 0 aliphatic heterocycles. The summed E-state index contributed by atoms with van der Waals surface area (Å²) in [5, 5.41) is 2.85. The number of carbonyl (C=O) groups excluding carboxylic acids is 1. The van der Waals surface area contributed by atoms with Crippen molar-refractivity contribution in [2.75, 3.05) is 31.1 Å². The summed E-state index contributed by atoms with van der Waals surface area (Å²) >= 11 is 3.27. The highest BCUT2D eigenvalue weighted by atomic mass is 79.9. The lowest BCUT2D eigenvalue weighted by molar-refractivity contribution is -0.120. The Morgan fingerprint density at radius 2 is 1.83 bits per heavy atom. The maximum Gasteiger partial charge on any atom is 0.240 e. The minimum absolute atomic E-state index is 0.0641. The molecule has 0 unspecified atom stereocenters. The molecule has 2 aromatic rings. The van der Waals surface area contributed by atoms with Crippen LogP contribution in [0, 0.1) is 6.92 Å². The lowest BCUT2D eigenvalue weighted by atomic mass is 10.2. The standard InChI is InChI=1S/C21H28BrN3O3S/c1-3-25(19-7-4-6-17(2)16-19)15-5-13-23-21(26)12-14-24-29(27,28)20-10-8-18(22)9-11-20/h4,6-11,16,24H,3,5,12-15H2,1-2H3,(H,23,26). The number of anilines is 1. The Balaban J connectivity index is 1.68. The number of rotatable bonds is 11. The van der Waals surface area contributed by atoms with Gasteiger partial charge in [0.2, 0.25) is 15.9 Å². The largest absolute Gasteiger partial charge is 0.372 e. The third-order valence-electron chi connectivity index (χ3n) is 4.44. The normalized spacial score (nSPS) is 11.3.